The van der Waals surface area contributed by atoms with Gasteiger partial charge in [0.2, 0.25) is 0 Å². The molecule has 0 aliphatic carbocycles. The number of carbonyl (C=O) groups excluding carboxylic acids is 1. The van der Waals surface area contributed by atoms with E-state index in [9.17, 15) is 4.79 Å². The highest BCUT2D eigenvalue weighted by Crippen LogP contribution is 2.38. The lowest BCUT2D eigenvalue weighted by Gasteiger charge is -2.40. The number of carbonyl (C=O) groups is 1. The maximum Gasteiger partial charge on any atom is 0.410 e. The number of hydrogen-bond acceptors (Lipinski definition) is 7. The first kappa shape index (κ1) is 16.1. The minimum atomic E-state index is -0.516. The fourth-order valence-corrected chi connectivity index (χ4v) is 3.18. The van der Waals surface area contributed by atoms with Crippen LogP contribution in [0.4, 0.5) is 4.79 Å². The summed E-state index contributed by atoms with van der Waals surface area (Å²) in [6.07, 6.45) is 0.412. The van der Waals surface area contributed by atoms with Crippen molar-refractivity contribution in [1.29, 1.82) is 0 Å². The summed E-state index contributed by atoms with van der Waals surface area (Å²) in [6, 6.07) is -0.149. The molecule has 3 rings (SSSR count). The molecule has 0 saturated carbocycles. The lowest BCUT2D eigenvalue weighted by Crippen LogP contribution is -2.55. The maximum atomic E-state index is 12.3. The summed E-state index contributed by atoms with van der Waals surface area (Å²) >= 11 is 0. The van der Waals surface area contributed by atoms with Gasteiger partial charge in [0, 0.05) is 20.1 Å². The van der Waals surface area contributed by atoms with E-state index >= 15 is 0 Å². The Hall–Kier alpha value is -1.74. The van der Waals surface area contributed by atoms with Crippen LogP contribution in [-0.2, 0) is 16.5 Å². The number of amides is 1. The van der Waals surface area contributed by atoms with Crippen LogP contribution in [0.15, 0.2) is 0 Å². The molecule has 0 aromatic carbocycles. The minimum absolute atomic E-state index is 0.149. The molecule has 9 heteroatoms. The summed E-state index contributed by atoms with van der Waals surface area (Å²) < 4.78 is 13.2. The average Bonchev–Trinajstić information content (AvgIpc) is 3.06. The van der Waals surface area contributed by atoms with Crippen molar-refractivity contribution in [3.63, 3.8) is 0 Å². The largest absolute Gasteiger partial charge is 0.444 e. The van der Waals surface area contributed by atoms with Crippen molar-refractivity contribution < 1.29 is 14.3 Å². The first-order valence-corrected chi connectivity index (χ1v) is 7.88. The van der Waals surface area contributed by atoms with Gasteiger partial charge < -0.3 is 19.7 Å². The Morgan fingerprint density at radius 3 is 2.91 bits per heavy atom. The van der Waals surface area contributed by atoms with Crippen LogP contribution in [0, 0.1) is 0 Å². The van der Waals surface area contributed by atoms with Gasteiger partial charge in [-0.3, -0.25) is 0 Å². The zero-order valence-electron chi connectivity index (χ0n) is 14.1. The number of nitrogens with zero attached hydrogens (tertiary/aromatic N) is 5. The van der Waals surface area contributed by atoms with E-state index in [1.54, 1.807) is 16.6 Å². The second-order valence-electron chi connectivity index (χ2n) is 7.11. The molecule has 2 aliphatic rings. The summed E-state index contributed by atoms with van der Waals surface area (Å²) in [6.45, 7) is 7.98. The molecule has 1 amide bonds. The maximum absolute atomic E-state index is 12.3. The van der Waals surface area contributed by atoms with Crippen molar-refractivity contribution in [3.05, 3.63) is 5.82 Å². The van der Waals surface area contributed by atoms with Gasteiger partial charge >= 0.3 is 6.09 Å². The zero-order valence-corrected chi connectivity index (χ0v) is 14.1. The fourth-order valence-electron chi connectivity index (χ4n) is 3.18. The predicted octanol–water partition coefficient (Wildman–Crippen LogP) is 0.251. The van der Waals surface area contributed by atoms with Gasteiger partial charge in [-0.15, -0.1) is 5.10 Å². The second kappa shape index (κ2) is 5.72. The normalized spacial score (nSPS) is 28.3. The van der Waals surface area contributed by atoms with E-state index in [0.29, 0.717) is 19.7 Å². The van der Waals surface area contributed by atoms with E-state index in [4.69, 9.17) is 9.47 Å². The Kier molecular flexibility index (Phi) is 4.01. The van der Waals surface area contributed by atoms with Gasteiger partial charge in [0.25, 0.3) is 0 Å². The number of aromatic nitrogens is 4. The summed E-state index contributed by atoms with van der Waals surface area (Å²) in [7, 11) is 1.81. The van der Waals surface area contributed by atoms with Crippen LogP contribution in [0.3, 0.4) is 0 Å². The van der Waals surface area contributed by atoms with Crippen LogP contribution in [0.25, 0.3) is 0 Å². The lowest BCUT2D eigenvalue weighted by molar-refractivity contribution is -0.0929. The Morgan fingerprint density at radius 2 is 2.26 bits per heavy atom. The Morgan fingerprint density at radius 1 is 1.48 bits per heavy atom. The molecular weight excluding hydrogens is 300 g/mol. The summed E-state index contributed by atoms with van der Waals surface area (Å²) in [5, 5.41) is 15.2. The summed E-state index contributed by atoms with van der Waals surface area (Å²) in [4.78, 5) is 14.0. The molecule has 0 bridgehead atoms. The summed E-state index contributed by atoms with van der Waals surface area (Å²) in [5.74, 6) is 0.718. The number of rotatable bonds is 1. The van der Waals surface area contributed by atoms with E-state index in [1.165, 1.54) is 0 Å². The Balaban J connectivity index is 1.78. The van der Waals surface area contributed by atoms with Crippen LogP contribution in [-0.4, -0.2) is 68.6 Å². The van der Waals surface area contributed by atoms with Gasteiger partial charge in [0.15, 0.2) is 5.82 Å². The van der Waals surface area contributed by atoms with Crippen LogP contribution in [0.1, 0.15) is 39.1 Å². The smallest absolute Gasteiger partial charge is 0.410 e. The molecule has 1 aromatic heterocycles. The zero-order chi connectivity index (χ0) is 16.7. The van der Waals surface area contributed by atoms with Crippen LogP contribution in [0.5, 0.6) is 0 Å². The number of likely N-dealkylation sites (tertiary alicyclic amines) is 1. The molecular formula is C14H24N6O3. The van der Waals surface area contributed by atoms with Crippen LogP contribution >= 0.6 is 0 Å². The van der Waals surface area contributed by atoms with E-state index in [1.807, 2.05) is 20.8 Å². The molecule has 3 heterocycles. The van der Waals surface area contributed by atoms with Gasteiger partial charge in [0.05, 0.1) is 13.2 Å². The molecule has 9 nitrogen and oxygen atoms in total. The topological polar surface area (TPSA) is 94.4 Å². The average molecular weight is 324 g/mol. The van der Waals surface area contributed by atoms with E-state index in [-0.39, 0.29) is 12.1 Å². The molecule has 2 aliphatic heterocycles. The predicted molar refractivity (Wildman–Crippen MR) is 80.6 cm³/mol. The van der Waals surface area contributed by atoms with Crippen molar-refractivity contribution >= 4 is 6.09 Å². The molecule has 2 fully saturated rings. The third-order valence-electron chi connectivity index (χ3n) is 4.19. The van der Waals surface area contributed by atoms with Crippen molar-refractivity contribution in [3.8, 4) is 0 Å². The van der Waals surface area contributed by atoms with Crippen molar-refractivity contribution in [1.82, 2.24) is 30.4 Å². The number of morpholine rings is 1. The van der Waals surface area contributed by atoms with Crippen molar-refractivity contribution in [2.75, 3.05) is 26.2 Å². The van der Waals surface area contributed by atoms with E-state index in [2.05, 4.69) is 20.8 Å². The van der Waals surface area contributed by atoms with Gasteiger partial charge in [-0.05, 0) is 37.6 Å². The third-order valence-corrected chi connectivity index (χ3v) is 4.19. The molecule has 1 aromatic rings. The number of hydrogen-bond donors (Lipinski definition) is 1. The minimum Gasteiger partial charge on any atom is -0.444 e. The highest BCUT2D eigenvalue weighted by molar-refractivity contribution is 5.68. The first-order chi connectivity index (χ1) is 10.8. The first-order valence-electron chi connectivity index (χ1n) is 7.88. The molecule has 1 N–H and O–H groups in total. The third kappa shape index (κ3) is 3.16. The second-order valence-corrected chi connectivity index (χ2v) is 7.11. The molecule has 128 valence electrons. The number of tetrazole rings is 1. The molecule has 1 spiro atoms. The summed E-state index contributed by atoms with van der Waals surface area (Å²) in [5.41, 5.74) is -1.02. The van der Waals surface area contributed by atoms with Crippen LogP contribution < -0.4 is 5.32 Å². The number of aryl methyl sites for hydroxylation is 1. The molecule has 2 saturated heterocycles. The fraction of sp³-hybridized carbons (Fsp3) is 0.857. The van der Waals surface area contributed by atoms with Gasteiger partial charge in [-0.25, -0.2) is 9.48 Å². The molecule has 2 atom stereocenters. The highest BCUT2D eigenvalue weighted by atomic mass is 16.6. The quantitative estimate of drug-likeness (QED) is 0.791. The number of nitrogens with one attached hydrogen (secondary N) is 1. The van der Waals surface area contributed by atoms with Gasteiger partial charge in [0.1, 0.15) is 17.2 Å². The molecule has 2 unspecified atom stereocenters. The van der Waals surface area contributed by atoms with E-state index < -0.39 is 11.2 Å². The van der Waals surface area contributed by atoms with Gasteiger partial charge in [-0.1, -0.05) is 0 Å². The molecule has 0 radical (unpaired) electrons. The van der Waals surface area contributed by atoms with Crippen molar-refractivity contribution in [2.45, 2.75) is 44.4 Å². The monoisotopic (exact) mass is 324 g/mol. The lowest BCUT2D eigenvalue weighted by atomic mass is 9.90. The SMILES string of the molecule is Cn1nnnc1C1NCCOC12CCN(C(=O)OC(C)(C)C)C2. The standard InChI is InChI=1S/C14H24N6O3/c1-13(2,3)23-12(21)20-7-5-14(9-20)10(15-6-8-22-14)11-16-17-18-19(11)4/h10,15H,5-9H2,1-4H3. The Bertz CT molecular complexity index is 583. The van der Waals surface area contributed by atoms with Crippen LogP contribution in [0.2, 0.25) is 0 Å². The molecule has 23 heavy (non-hydrogen) atoms. The Labute approximate surface area is 135 Å². The van der Waals surface area contributed by atoms with E-state index in [0.717, 1.165) is 18.8 Å². The van der Waals surface area contributed by atoms with Gasteiger partial charge in [-0.2, -0.15) is 0 Å². The highest BCUT2D eigenvalue weighted by Gasteiger charge is 2.51. The van der Waals surface area contributed by atoms with Crippen molar-refractivity contribution in [2.24, 2.45) is 7.05 Å². The number of ether oxygens (including phenoxy) is 2.